The highest BCUT2D eigenvalue weighted by Crippen LogP contribution is 2.24. The topological polar surface area (TPSA) is 58.6 Å². The molecule has 0 spiro atoms. The number of anilines is 1. The van der Waals surface area contributed by atoms with Crippen molar-refractivity contribution >= 4 is 17.5 Å². The number of hydrogen-bond acceptors (Lipinski definition) is 3. The Labute approximate surface area is 154 Å². The molecule has 2 aromatic carbocycles. The Balaban J connectivity index is 1.56. The van der Waals surface area contributed by atoms with E-state index in [9.17, 15) is 9.59 Å². The average molecular weight is 352 g/mol. The second kappa shape index (κ2) is 8.63. The Kier molecular flexibility index (Phi) is 6.02. The van der Waals surface area contributed by atoms with Crippen LogP contribution in [0.2, 0.25) is 0 Å². The summed E-state index contributed by atoms with van der Waals surface area (Å²) < 4.78 is 5.56. The van der Waals surface area contributed by atoms with Gasteiger partial charge in [-0.05, 0) is 18.6 Å². The second-order valence-corrected chi connectivity index (χ2v) is 6.43. The molecule has 1 heterocycles. The fraction of sp³-hybridized carbons (Fsp3) is 0.333. The third-order valence-corrected chi connectivity index (χ3v) is 4.54. The number of carbonyl (C=O) groups is 2. The highest BCUT2D eigenvalue weighted by atomic mass is 16.5. The molecular formula is C21H24N2O3. The van der Waals surface area contributed by atoms with E-state index in [0.29, 0.717) is 19.8 Å². The molecule has 5 heteroatoms. The van der Waals surface area contributed by atoms with Crippen LogP contribution in [0.15, 0.2) is 54.6 Å². The van der Waals surface area contributed by atoms with E-state index < -0.39 is 0 Å². The Morgan fingerprint density at radius 1 is 1.08 bits per heavy atom. The van der Waals surface area contributed by atoms with Gasteiger partial charge >= 0.3 is 0 Å². The van der Waals surface area contributed by atoms with E-state index in [1.807, 2.05) is 61.5 Å². The third-order valence-electron chi connectivity index (χ3n) is 4.54. The molecule has 0 bridgehead atoms. The summed E-state index contributed by atoms with van der Waals surface area (Å²) in [4.78, 5) is 26.6. The van der Waals surface area contributed by atoms with E-state index in [2.05, 4.69) is 5.32 Å². The molecular weight excluding hydrogens is 328 g/mol. The summed E-state index contributed by atoms with van der Waals surface area (Å²) in [5, 5.41) is 2.95. The molecule has 26 heavy (non-hydrogen) atoms. The lowest BCUT2D eigenvalue weighted by Gasteiger charge is -2.22. The van der Waals surface area contributed by atoms with E-state index >= 15 is 0 Å². The third kappa shape index (κ3) is 4.49. The number of rotatable bonds is 5. The zero-order valence-electron chi connectivity index (χ0n) is 15.0. The van der Waals surface area contributed by atoms with E-state index in [1.165, 1.54) is 0 Å². The maximum atomic E-state index is 12.7. The lowest BCUT2D eigenvalue weighted by atomic mass is 10.1. The fourth-order valence-corrected chi connectivity index (χ4v) is 3.11. The SMILES string of the molecule is C[C@H](NC(=O)CCC(=O)N1CCOCc2ccccc21)c1ccccc1. The molecule has 0 saturated carbocycles. The molecule has 0 saturated heterocycles. The van der Waals surface area contributed by atoms with Gasteiger partial charge in [0.05, 0.1) is 19.3 Å². The van der Waals surface area contributed by atoms with Crippen LogP contribution >= 0.6 is 0 Å². The minimum atomic E-state index is -0.117. The van der Waals surface area contributed by atoms with Gasteiger partial charge in [-0.3, -0.25) is 9.59 Å². The molecule has 0 aliphatic carbocycles. The number of para-hydroxylation sites is 1. The first kappa shape index (κ1) is 18.1. The predicted molar refractivity (Wildman–Crippen MR) is 101 cm³/mol. The Bertz CT molecular complexity index is 761. The summed E-state index contributed by atoms with van der Waals surface area (Å²) in [5.74, 6) is -0.167. The van der Waals surface area contributed by atoms with Crippen molar-refractivity contribution in [1.82, 2.24) is 5.32 Å². The van der Waals surface area contributed by atoms with Crippen LogP contribution < -0.4 is 10.2 Å². The van der Waals surface area contributed by atoms with Gasteiger partial charge in [0.15, 0.2) is 0 Å². The van der Waals surface area contributed by atoms with E-state index in [4.69, 9.17) is 4.74 Å². The normalized spacial score (nSPS) is 14.9. The Morgan fingerprint density at radius 3 is 2.62 bits per heavy atom. The molecule has 1 aliphatic heterocycles. The van der Waals surface area contributed by atoms with Crippen LogP contribution in [0.1, 0.15) is 36.9 Å². The number of fused-ring (bicyclic) bond motifs is 1. The molecule has 0 unspecified atom stereocenters. The quantitative estimate of drug-likeness (QED) is 0.899. The number of nitrogens with zero attached hydrogens (tertiary/aromatic N) is 1. The van der Waals surface area contributed by atoms with Crippen LogP contribution in [-0.2, 0) is 20.9 Å². The average Bonchev–Trinajstić information content (AvgIpc) is 2.89. The first-order valence-electron chi connectivity index (χ1n) is 8.95. The number of hydrogen-bond donors (Lipinski definition) is 1. The zero-order valence-corrected chi connectivity index (χ0v) is 15.0. The van der Waals surface area contributed by atoms with Crippen molar-refractivity contribution < 1.29 is 14.3 Å². The summed E-state index contributed by atoms with van der Waals surface area (Å²) >= 11 is 0. The smallest absolute Gasteiger partial charge is 0.227 e. The molecule has 1 aliphatic rings. The molecule has 5 nitrogen and oxygen atoms in total. The van der Waals surface area contributed by atoms with Crippen molar-refractivity contribution in [3.05, 3.63) is 65.7 Å². The lowest BCUT2D eigenvalue weighted by molar-refractivity contribution is -0.125. The van der Waals surface area contributed by atoms with Gasteiger partial charge in [0.1, 0.15) is 0 Å². The van der Waals surface area contributed by atoms with Gasteiger partial charge in [0.25, 0.3) is 0 Å². The first-order valence-corrected chi connectivity index (χ1v) is 8.95. The number of benzene rings is 2. The summed E-state index contributed by atoms with van der Waals surface area (Å²) in [5.41, 5.74) is 2.93. The van der Waals surface area contributed by atoms with Crippen LogP contribution in [0.4, 0.5) is 5.69 Å². The molecule has 1 N–H and O–H groups in total. The summed E-state index contributed by atoms with van der Waals surface area (Å²) in [6.07, 6.45) is 0.358. The molecule has 0 aromatic heterocycles. The standard InChI is InChI=1S/C21H24N2O3/c1-16(17-7-3-2-4-8-17)22-20(24)11-12-21(25)23-13-14-26-15-18-9-5-6-10-19(18)23/h2-10,16H,11-15H2,1H3,(H,22,24)/t16-/m0/s1. The van der Waals surface area contributed by atoms with Crippen LogP contribution in [0.3, 0.4) is 0 Å². The summed E-state index contributed by atoms with van der Waals surface area (Å²) in [7, 11) is 0. The highest BCUT2D eigenvalue weighted by Gasteiger charge is 2.22. The molecule has 0 fully saturated rings. The number of amides is 2. The van der Waals surface area contributed by atoms with Gasteiger partial charge < -0.3 is 15.0 Å². The maximum absolute atomic E-state index is 12.7. The maximum Gasteiger partial charge on any atom is 0.227 e. The largest absolute Gasteiger partial charge is 0.375 e. The lowest BCUT2D eigenvalue weighted by Crippen LogP contribution is -2.34. The van der Waals surface area contributed by atoms with Crippen molar-refractivity contribution in [2.24, 2.45) is 0 Å². The highest BCUT2D eigenvalue weighted by molar-refractivity contribution is 5.96. The van der Waals surface area contributed by atoms with Crippen LogP contribution in [-0.4, -0.2) is 25.0 Å². The second-order valence-electron chi connectivity index (χ2n) is 6.43. The molecule has 2 aromatic rings. The summed E-state index contributed by atoms with van der Waals surface area (Å²) in [6, 6.07) is 17.5. The van der Waals surface area contributed by atoms with Gasteiger partial charge in [0.2, 0.25) is 11.8 Å². The Morgan fingerprint density at radius 2 is 1.81 bits per heavy atom. The fourth-order valence-electron chi connectivity index (χ4n) is 3.11. The zero-order chi connectivity index (χ0) is 18.4. The molecule has 0 radical (unpaired) electrons. The predicted octanol–water partition coefficient (Wildman–Crippen LogP) is 3.21. The van der Waals surface area contributed by atoms with Gasteiger partial charge in [0, 0.05) is 30.6 Å². The minimum Gasteiger partial charge on any atom is -0.375 e. The van der Waals surface area contributed by atoms with Crippen molar-refractivity contribution in [3.8, 4) is 0 Å². The van der Waals surface area contributed by atoms with Crippen molar-refractivity contribution in [2.45, 2.75) is 32.4 Å². The van der Waals surface area contributed by atoms with E-state index in [-0.39, 0.29) is 30.7 Å². The monoisotopic (exact) mass is 352 g/mol. The van der Waals surface area contributed by atoms with Crippen molar-refractivity contribution in [2.75, 3.05) is 18.1 Å². The summed E-state index contributed by atoms with van der Waals surface area (Å²) in [6.45, 7) is 3.46. The van der Waals surface area contributed by atoms with Crippen molar-refractivity contribution in [1.29, 1.82) is 0 Å². The molecule has 1 atom stereocenters. The number of carbonyl (C=O) groups excluding carboxylic acids is 2. The molecule has 3 rings (SSSR count). The minimum absolute atomic E-state index is 0.0505. The van der Waals surface area contributed by atoms with E-state index in [1.54, 1.807) is 4.90 Å². The molecule has 2 amide bonds. The number of ether oxygens (including phenoxy) is 1. The Hall–Kier alpha value is -2.66. The van der Waals surface area contributed by atoms with Gasteiger partial charge in [-0.1, -0.05) is 48.5 Å². The van der Waals surface area contributed by atoms with Crippen LogP contribution in [0, 0.1) is 0 Å². The van der Waals surface area contributed by atoms with Gasteiger partial charge in [-0.2, -0.15) is 0 Å². The van der Waals surface area contributed by atoms with Crippen LogP contribution in [0.25, 0.3) is 0 Å². The number of nitrogens with one attached hydrogen (secondary N) is 1. The van der Waals surface area contributed by atoms with E-state index in [0.717, 1.165) is 16.8 Å². The molecule has 136 valence electrons. The van der Waals surface area contributed by atoms with Gasteiger partial charge in [-0.25, -0.2) is 0 Å². The van der Waals surface area contributed by atoms with Crippen LogP contribution in [0.5, 0.6) is 0 Å². The van der Waals surface area contributed by atoms with Gasteiger partial charge in [-0.15, -0.1) is 0 Å². The van der Waals surface area contributed by atoms with Crippen molar-refractivity contribution in [3.63, 3.8) is 0 Å². The first-order chi connectivity index (χ1) is 12.6.